The lowest BCUT2D eigenvalue weighted by Crippen LogP contribution is -2.34. The van der Waals surface area contributed by atoms with E-state index in [0.29, 0.717) is 28.6 Å². The first-order valence-electron chi connectivity index (χ1n) is 8.38. The summed E-state index contributed by atoms with van der Waals surface area (Å²) in [5, 5.41) is 0.398. The van der Waals surface area contributed by atoms with E-state index in [1.165, 1.54) is 12.2 Å². The molecule has 140 valence electrons. The zero-order valence-corrected chi connectivity index (χ0v) is 15.4. The lowest BCUT2D eigenvalue weighted by molar-refractivity contribution is -0.142. The van der Waals surface area contributed by atoms with Crippen LogP contribution in [-0.2, 0) is 14.3 Å². The maximum Gasteiger partial charge on any atom is 0.331 e. The fourth-order valence-electron chi connectivity index (χ4n) is 2.62. The normalized spacial score (nSPS) is 12.2. The van der Waals surface area contributed by atoms with Crippen LogP contribution in [0.4, 0.5) is 5.69 Å². The summed E-state index contributed by atoms with van der Waals surface area (Å²) in [5.74, 6) is 0.0903. The average molecular weight is 388 g/mol. The topological polar surface area (TPSA) is 65.1 Å². The van der Waals surface area contributed by atoms with Gasteiger partial charge in [0.05, 0.1) is 5.02 Å². The third kappa shape index (κ3) is 4.60. The van der Waals surface area contributed by atoms with Gasteiger partial charge in [-0.3, -0.25) is 4.79 Å². The predicted molar refractivity (Wildman–Crippen MR) is 102 cm³/mol. The number of esters is 1. The molecule has 0 N–H and O–H groups in total. The standard InChI is InChI=1S/C20H18ClNO5/c1-2-22(15-6-4-3-5-7-15)18(23)12-25-19(24)9-8-14-10-16(21)20-17(11-14)26-13-27-20/h3-11H,2,12-13H2,1H3/b9-8+. The number of nitrogens with zero attached hydrogens (tertiary/aromatic N) is 1. The first-order chi connectivity index (χ1) is 13.1. The van der Waals surface area contributed by atoms with Gasteiger partial charge in [-0.15, -0.1) is 0 Å². The van der Waals surface area contributed by atoms with Crippen molar-refractivity contribution in [3.63, 3.8) is 0 Å². The van der Waals surface area contributed by atoms with Gasteiger partial charge in [-0.25, -0.2) is 4.79 Å². The number of para-hydroxylation sites is 1. The van der Waals surface area contributed by atoms with Crippen molar-refractivity contribution in [1.82, 2.24) is 0 Å². The second kappa shape index (κ2) is 8.60. The number of hydrogen-bond donors (Lipinski definition) is 0. The van der Waals surface area contributed by atoms with Crippen molar-refractivity contribution in [2.45, 2.75) is 6.92 Å². The first-order valence-corrected chi connectivity index (χ1v) is 8.75. The van der Waals surface area contributed by atoms with E-state index in [1.54, 1.807) is 17.0 Å². The van der Waals surface area contributed by atoms with Crippen molar-refractivity contribution in [3.8, 4) is 11.5 Å². The van der Waals surface area contributed by atoms with E-state index >= 15 is 0 Å². The van der Waals surface area contributed by atoms with Gasteiger partial charge in [0.2, 0.25) is 6.79 Å². The minimum Gasteiger partial charge on any atom is -0.454 e. The van der Waals surface area contributed by atoms with Gasteiger partial charge in [0, 0.05) is 18.3 Å². The molecule has 0 unspecified atom stereocenters. The SMILES string of the molecule is CCN(C(=O)COC(=O)/C=C/c1cc(Cl)c2c(c1)OCO2)c1ccccc1. The van der Waals surface area contributed by atoms with E-state index in [4.69, 9.17) is 25.8 Å². The highest BCUT2D eigenvalue weighted by Crippen LogP contribution is 2.40. The van der Waals surface area contributed by atoms with E-state index in [2.05, 4.69) is 0 Å². The highest BCUT2D eigenvalue weighted by atomic mass is 35.5. The summed E-state index contributed by atoms with van der Waals surface area (Å²) in [5.41, 5.74) is 1.42. The van der Waals surface area contributed by atoms with Crippen LogP contribution in [0.25, 0.3) is 6.08 Å². The molecule has 27 heavy (non-hydrogen) atoms. The molecule has 3 rings (SSSR count). The number of ether oxygens (including phenoxy) is 3. The molecular weight excluding hydrogens is 370 g/mol. The number of hydrogen-bond acceptors (Lipinski definition) is 5. The molecule has 1 aliphatic rings. The zero-order valence-electron chi connectivity index (χ0n) is 14.7. The van der Waals surface area contributed by atoms with Crippen LogP contribution < -0.4 is 14.4 Å². The van der Waals surface area contributed by atoms with Crippen molar-refractivity contribution >= 4 is 35.2 Å². The number of amides is 1. The molecule has 0 spiro atoms. The lowest BCUT2D eigenvalue weighted by Gasteiger charge is -2.20. The number of rotatable bonds is 6. The molecule has 6 nitrogen and oxygen atoms in total. The van der Waals surface area contributed by atoms with E-state index in [1.807, 2.05) is 37.3 Å². The van der Waals surface area contributed by atoms with Crippen molar-refractivity contribution in [3.05, 3.63) is 59.1 Å². The predicted octanol–water partition coefficient (Wildman–Crippen LogP) is 3.68. The molecule has 2 aromatic rings. The summed E-state index contributed by atoms with van der Waals surface area (Å²) in [6.07, 6.45) is 2.77. The van der Waals surface area contributed by atoms with Crippen LogP contribution in [0.5, 0.6) is 11.5 Å². The molecule has 0 aliphatic carbocycles. The van der Waals surface area contributed by atoms with Crippen LogP contribution in [0.2, 0.25) is 5.02 Å². The summed E-state index contributed by atoms with van der Waals surface area (Å²) >= 11 is 6.10. The molecular formula is C20H18ClNO5. The Kier molecular flexibility index (Phi) is 5.98. The molecule has 1 aliphatic heterocycles. The first kappa shape index (κ1) is 18.8. The van der Waals surface area contributed by atoms with Gasteiger partial charge in [0.25, 0.3) is 5.91 Å². The van der Waals surface area contributed by atoms with E-state index in [0.717, 1.165) is 5.69 Å². The fourth-order valence-corrected chi connectivity index (χ4v) is 2.89. The Morgan fingerprint density at radius 2 is 2.00 bits per heavy atom. The number of anilines is 1. The van der Waals surface area contributed by atoms with Crippen LogP contribution in [0.1, 0.15) is 12.5 Å². The van der Waals surface area contributed by atoms with Gasteiger partial charge in [-0.05, 0) is 42.8 Å². The summed E-state index contributed by atoms with van der Waals surface area (Å²) in [7, 11) is 0. The fraction of sp³-hybridized carbons (Fsp3) is 0.200. The number of benzene rings is 2. The van der Waals surface area contributed by atoms with Crippen LogP contribution >= 0.6 is 11.6 Å². The highest BCUT2D eigenvalue weighted by Gasteiger charge is 2.18. The largest absolute Gasteiger partial charge is 0.454 e. The van der Waals surface area contributed by atoms with Gasteiger partial charge >= 0.3 is 5.97 Å². The zero-order chi connectivity index (χ0) is 19.2. The van der Waals surface area contributed by atoms with Crippen LogP contribution in [0.3, 0.4) is 0 Å². The minimum atomic E-state index is -0.624. The maximum absolute atomic E-state index is 12.3. The number of fused-ring (bicyclic) bond motifs is 1. The average Bonchev–Trinajstić information content (AvgIpc) is 3.15. The number of halogens is 1. The Bertz CT molecular complexity index is 866. The highest BCUT2D eigenvalue weighted by molar-refractivity contribution is 6.32. The maximum atomic E-state index is 12.3. The molecule has 2 aromatic carbocycles. The molecule has 0 saturated carbocycles. The van der Waals surface area contributed by atoms with E-state index < -0.39 is 5.97 Å². The second-order valence-electron chi connectivity index (χ2n) is 5.65. The summed E-state index contributed by atoms with van der Waals surface area (Å²) in [6.45, 7) is 2.11. The quantitative estimate of drug-likeness (QED) is 0.559. The molecule has 0 atom stereocenters. The molecule has 1 amide bonds. The molecule has 7 heteroatoms. The van der Waals surface area contributed by atoms with Crippen molar-refractivity contribution in [2.24, 2.45) is 0 Å². The summed E-state index contributed by atoms with van der Waals surface area (Å²) in [4.78, 5) is 25.8. The minimum absolute atomic E-state index is 0.113. The number of carbonyl (C=O) groups is 2. The molecule has 0 fully saturated rings. The summed E-state index contributed by atoms with van der Waals surface area (Å²) in [6, 6.07) is 12.6. The molecule has 0 aromatic heterocycles. The number of carbonyl (C=O) groups excluding carboxylic acids is 2. The van der Waals surface area contributed by atoms with Crippen molar-refractivity contribution in [2.75, 3.05) is 24.8 Å². The monoisotopic (exact) mass is 387 g/mol. The Hall–Kier alpha value is -2.99. The van der Waals surface area contributed by atoms with Crippen molar-refractivity contribution < 1.29 is 23.8 Å². The van der Waals surface area contributed by atoms with Crippen LogP contribution in [0.15, 0.2) is 48.5 Å². The number of likely N-dealkylation sites (N-methyl/N-ethyl adjacent to an activating group) is 1. The van der Waals surface area contributed by atoms with Gasteiger partial charge in [0.15, 0.2) is 18.1 Å². The van der Waals surface area contributed by atoms with Crippen LogP contribution in [0, 0.1) is 0 Å². The second-order valence-corrected chi connectivity index (χ2v) is 6.06. The summed E-state index contributed by atoms with van der Waals surface area (Å²) < 4.78 is 15.6. The van der Waals surface area contributed by atoms with E-state index in [9.17, 15) is 9.59 Å². The van der Waals surface area contributed by atoms with Gasteiger partial charge < -0.3 is 19.1 Å². The molecule has 0 radical (unpaired) electrons. The Labute approximate surface area is 161 Å². The molecule has 1 heterocycles. The Morgan fingerprint density at radius 3 is 2.74 bits per heavy atom. The van der Waals surface area contributed by atoms with Crippen LogP contribution in [-0.4, -0.2) is 31.8 Å². The van der Waals surface area contributed by atoms with Gasteiger partial charge in [-0.2, -0.15) is 0 Å². The van der Waals surface area contributed by atoms with Gasteiger partial charge in [-0.1, -0.05) is 29.8 Å². The lowest BCUT2D eigenvalue weighted by atomic mass is 10.2. The molecule has 0 bridgehead atoms. The Morgan fingerprint density at radius 1 is 1.22 bits per heavy atom. The third-order valence-corrected chi connectivity index (χ3v) is 4.17. The smallest absolute Gasteiger partial charge is 0.331 e. The third-order valence-electron chi connectivity index (χ3n) is 3.88. The molecule has 0 saturated heterocycles. The van der Waals surface area contributed by atoms with E-state index in [-0.39, 0.29) is 19.3 Å². The van der Waals surface area contributed by atoms with Gasteiger partial charge in [0.1, 0.15) is 0 Å². The van der Waals surface area contributed by atoms with Crippen molar-refractivity contribution in [1.29, 1.82) is 0 Å². The Balaban J connectivity index is 1.57.